The Morgan fingerprint density at radius 1 is 1.08 bits per heavy atom. The molecule has 0 aromatic heterocycles. The normalized spacial score (nSPS) is 16.0. The van der Waals surface area contributed by atoms with Gasteiger partial charge >= 0.3 is 0 Å². The molecule has 2 atom stereocenters. The Morgan fingerprint density at radius 3 is 2.25 bits per heavy atom. The molecule has 0 radical (unpaired) electrons. The van der Waals surface area contributed by atoms with Crippen LogP contribution in [0.4, 0.5) is 0 Å². The van der Waals surface area contributed by atoms with E-state index in [0.29, 0.717) is 5.38 Å². The van der Waals surface area contributed by atoms with E-state index in [4.69, 9.17) is 11.6 Å². The quantitative estimate of drug-likeness (QED) is 0.515. The lowest BCUT2D eigenvalue weighted by molar-refractivity contribution is 0.477. The lowest BCUT2D eigenvalue weighted by Gasteiger charge is -2.11. The highest BCUT2D eigenvalue weighted by Crippen LogP contribution is 2.18. The molecule has 0 heterocycles. The van der Waals surface area contributed by atoms with Gasteiger partial charge in [0.2, 0.25) is 0 Å². The van der Waals surface area contributed by atoms with Crippen molar-refractivity contribution < 1.29 is 0 Å². The Hall–Kier alpha value is 0.290. The molecule has 0 aliphatic heterocycles. The molecule has 12 heavy (non-hydrogen) atoms. The van der Waals surface area contributed by atoms with Gasteiger partial charge < -0.3 is 0 Å². The van der Waals surface area contributed by atoms with Gasteiger partial charge in [0.05, 0.1) is 0 Å². The fraction of sp³-hybridized carbons (Fsp3) is 1.00. The smallest absolute Gasteiger partial charge is 0.0336 e. The molecule has 0 aliphatic carbocycles. The van der Waals surface area contributed by atoms with Crippen LogP contribution in [0.25, 0.3) is 0 Å². The second-order valence-corrected chi connectivity index (χ2v) is 4.45. The fourth-order valence-electron chi connectivity index (χ4n) is 1.24. The molecule has 0 spiro atoms. The maximum atomic E-state index is 6.16. The van der Waals surface area contributed by atoms with E-state index in [-0.39, 0.29) is 0 Å². The summed E-state index contributed by atoms with van der Waals surface area (Å²) in [5.41, 5.74) is 0. The first-order valence-corrected chi connectivity index (χ1v) is 5.78. The fourth-order valence-corrected chi connectivity index (χ4v) is 1.52. The highest BCUT2D eigenvalue weighted by atomic mass is 35.5. The van der Waals surface area contributed by atoms with E-state index in [1.165, 1.54) is 38.5 Å². The monoisotopic (exact) mass is 190 g/mol. The molecule has 0 saturated heterocycles. The Balaban J connectivity index is 3.24. The lowest BCUT2D eigenvalue weighted by atomic mass is 10.00. The van der Waals surface area contributed by atoms with Crippen LogP contribution in [-0.2, 0) is 0 Å². The van der Waals surface area contributed by atoms with Gasteiger partial charge in [0.25, 0.3) is 0 Å². The third kappa shape index (κ3) is 6.97. The molecule has 0 N–H and O–H groups in total. The molecule has 74 valence electrons. The first kappa shape index (κ1) is 12.3. The lowest BCUT2D eigenvalue weighted by Crippen LogP contribution is -2.02. The van der Waals surface area contributed by atoms with E-state index in [2.05, 4.69) is 20.8 Å². The number of alkyl halides is 1. The summed E-state index contributed by atoms with van der Waals surface area (Å²) in [6, 6.07) is 0. The summed E-state index contributed by atoms with van der Waals surface area (Å²) in [5, 5.41) is 0.430. The molecule has 0 rings (SSSR count). The summed E-state index contributed by atoms with van der Waals surface area (Å²) in [4.78, 5) is 0. The molecule has 1 heteroatoms. The molecule has 1 unspecified atom stereocenters. The van der Waals surface area contributed by atoms with Gasteiger partial charge in [0.15, 0.2) is 0 Å². The van der Waals surface area contributed by atoms with Crippen LogP contribution >= 0.6 is 11.6 Å². The van der Waals surface area contributed by atoms with Gasteiger partial charge in [-0.05, 0) is 25.2 Å². The van der Waals surface area contributed by atoms with Crippen LogP contribution in [0.3, 0.4) is 0 Å². The number of rotatable bonds is 7. The Kier molecular flexibility index (Phi) is 8.11. The standard InChI is InChI=1S/C11H23Cl/c1-4-6-7-11(12)9-8-10(3)5-2/h10-11H,4-9H2,1-3H3/t10-,11?/m1/s1. The first-order chi connectivity index (χ1) is 5.70. The summed E-state index contributed by atoms with van der Waals surface area (Å²) < 4.78 is 0. The van der Waals surface area contributed by atoms with Crippen LogP contribution in [0.1, 0.15) is 59.3 Å². The van der Waals surface area contributed by atoms with Crippen LogP contribution in [0.2, 0.25) is 0 Å². The van der Waals surface area contributed by atoms with Crippen molar-refractivity contribution in [3.63, 3.8) is 0 Å². The number of hydrogen-bond acceptors (Lipinski definition) is 0. The van der Waals surface area contributed by atoms with Gasteiger partial charge in [-0.3, -0.25) is 0 Å². The number of hydrogen-bond donors (Lipinski definition) is 0. The van der Waals surface area contributed by atoms with Crippen molar-refractivity contribution >= 4 is 11.6 Å². The average Bonchev–Trinajstić information content (AvgIpc) is 2.10. The van der Waals surface area contributed by atoms with Crippen molar-refractivity contribution in [2.75, 3.05) is 0 Å². The summed E-state index contributed by atoms with van der Waals surface area (Å²) in [6.45, 7) is 6.78. The molecule has 0 aliphatic rings. The second kappa shape index (κ2) is 7.91. The largest absolute Gasteiger partial charge is 0.123 e. The molecule has 0 fully saturated rings. The highest BCUT2D eigenvalue weighted by Gasteiger charge is 2.06. The van der Waals surface area contributed by atoms with Crippen LogP contribution < -0.4 is 0 Å². The van der Waals surface area contributed by atoms with Crippen molar-refractivity contribution in [1.29, 1.82) is 0 Å². The van der Waals surface area contributed by atoms with Crippen molar-refractivity contribution in [3.8, 4) is 0 Å². The van der Waals surface area contributed by atoms with Gasteiger partial charge in [0.1, 0.15) is 0 Å². The van der Waals surface area contributed by atoms with E-state index >= 15 is 0 Å². The van der Waals surface area contributed by atoms with Crippen molar-refractivity contribution in [2.45, 2.75) is 64.7 Å². The Morgan fingerprint density at radius 2 is 1.75 bits per heavy atom. The van der Waals surface area contributed by atoms with Crippen LogP contribution in [0.5, 0.6) is 0 Å². The summed E-state index contributed by atoms with van der Waals surface area (Å²) in [6.07, 6.45) is 7.55. The van der Waals surface area contributed by atoms with E-state index in [0.717, 1.165) is 5.92 Å². The van der Waals surface area contributed by atoms with Gasteiger partial charge in [-0.2, -0.15) is 0 Å². The molecule has 0 nitrogen and oxygen atoms in total. The van der Waals surface area contributed by atoms with Gasteiger partial charge in [-0.25, -0.2) is 0 Å². The predicted molar refractivity (Wildman–Crippen MR) is 57.9 cm³/mol. The SMILES string of the molecule is CCCCC(Cl)CC[C@H](C)CC. The molecule has 0 aromatic carbocycles. The van der Waals surface area contributed by atoms with Gasteiger partial charge in [0, 0.05) is 5.38 Å². The molecule has 0 saturated carbocycles. The molecule has 0 aromatic rings. The van der Waals surface area contributed by atoms with Gasteiger partial charge in [-0.15, -0.1) is 11.6 Å². The maximum Gasteiger partial charge on any atom is 0.0336 e. The summed E-state index contributed by atoms with van der Waals surface area (Å²) in [7, 11) is 0. The minimum atomic E-state index is 0.430. The Bertz CT molecular complexity index is 91.0. The molecular weight excluding hydrogens is 168 g/mol. The first-order valence-electron chi connectivity index (χ1n) is 5.34. The van der Waals surface area contributed by atoms with E-state index in [1.807, 2.05) is 0 Å². The zero-order valence-corrected chi connectivity index (χ0v) is 9.53. The van der Waals surface area contributed by atoms with E-state index in [1.54, 1.807) is 0 Å². The van der Waals surface area contributed by atoms with E-state index in [9.17, 15) is 0 Å². The summed E-state index contributed by atoms with van der Waals surface area (Å²) >= 11 is 6.16. The van der Waals surface area contributed by atoms with Crippen LogP contribution in [0.15, 0.2) is 0 Å². The van der Waals surface area contributed by atoms with E-state index < -0.39 is 0 Å². The number of unbranched alkanes of at least 4 members (excludes halogenated alkanes) is 1. The zero-order valence-electron chi connectivity index (χ0n) is 8.78. The molecular formula is C11H23Cl. The van der Waals surface area contributed by atoms with Crippen molar-refractivity contribution in [3.05, 3.63) is 0 Å². The minimum absolute atomic E-state index is 0.430. The van der Waals surface area contributed by atoms with Gasteiger partial charge in [-0.1, -0.05) is 40.0 Å². The third-order valence-electron chi connectivity index (χ3n) is 2.54. The second-order valence-electron chi connectivity index (χ2n) is 3.83. The average molecular weight is 191 g/mol. The third-order valence-corrected chi connectivity index (χ3v) is 2.98. The maximum absolute atomic E-state index is 6.16. The number of halogens is 1. The van der Waals surface area contributed by atoms with Crippen LogP contribution in [0, 0.1) is 5.92 Å². The zero-order chi connectivity index (χ0) is 9.40. The predicted octanol–water partition coefficient (Wildman–Crippen LogP) is 4.61. The van der Waals surface area contributed by atoms with Crippen molar-refractivity contribution in [1.82, 2.24) is 0 Å². The Labute approximate surface area is 82.7 Å². The minimum Gasteiger partial charge on any atom is -0.123 e. The van der Waals surface area contributed by atoms with Crippen LogP contribution in [-0.4, -0.2) is 5.38 Å². The summed E-state index contributed by atoms with van der Waals surface area (Å²) in [5.74, 6) is 0.855. The molecule has 0 bridgehead atoms. The van der Waals surface area contributed by atoms with Crippen molar-refractivity contribution in [2.24, 2.45) is 5.92 Å². The highest BCUT2D eigenvalue weighted by molar-refractivity contribution is 6.20. The topological polar surface area (TPSA) is 0 Å². The molecule has 0 amide bonds.